The van der Waals surface area contributed by atoms with Crippen molar-refractivity contribution in [1.82, 2.24) is 9.21 Å². The number of amides is 1. The first-order valence-electron chi connectivity index (χ1n) is 9.40. The number of sulfonamides is 1. The minimum Gasteiger partial charge on any atom is -0.340 e. The lowest BCUT2D eigenvalue weighted by molar-refractivity contribution is -0.135. The van der Waals surface area contributed by atoms with Crippen molar-refractivity contribution in [3.63, 3.8) is 0 Å². The average molecular weight is 421 g/mol. The molecule has 1 aliphatic heterocycles. The highest BCUT2D eigenvalue weighted by molar-refractivity contribution is 7.89. The quantitative estimate of drug-likeness (QED) is 0.742. The van der Waals surface area contributed by atoms with Gasteiger partial charge in [0.05, 0.1) is 10.8 Å². The molecular weight excluding hydrogens is 396 g/mol. The summed E-state index contributed by atoms with van der Waals surface area (Å²) in [7, 11) is -3.52. The molecule has 0 spiro atoms. The van der Waals surface area contributed by atoms with Gasteiger partial charge in [0.15, 0.2) is 0 Å². The predicted octanol–water partition coefficient (Wildman–Crippen LogP) is 3.61. The molecule has 2 aromatic carbocycles. The first-order valence-corrected chi connectivity index (χ1v) is 11.2. The fourth-order valence-electron chi connectivity index (χ4n) is 3.57. The summed E-state index contributed by atoms with van der Waals surface area (Å²) >= 11 is 5.98. The summed E-state index contributed by atoms with van der Waals surface area (Å²) < 4.78 is 27.0. The van der Waals surface area contributed by atoms with Crippen molar-refractivity contribution in [3.05, 3.63) is 65.2 Å². The van der Waals surface area contributed by atoms with Crippen LogP contribution in [0, 0.1) is 5.92 Å². The van der Waals surface area contributed by atoms with Gasteiger partial charge in [-0.15, -0.1) is 0 Å². The van der Waals surface area contributed by atoms with E-state index in [-0.39, 0.29) is 22.6 Å². The van der Waals surface area contributed by atoms with Crippen molar-refractivity contribution < 1.29 is 13.2 Å². The number of hydrogen-bond donors (Lipinski definition) is 0. The van der Waals surface area contributed by atoms with Crippen LogP contribution in [0.15, 0.2) is 59.5 Å². The van der Waals surface area contributed by atoms with Gasteiger partial charge in [0.1, 0.15) is 0 Å². The molecule has 0 unspecified atom stereocenters. The molecule has 7 heteroatoms. The molecule has 150 valence electrons. The molecule has 0 aromatic heterocycles. The molecule has 1 saturated heterocycles. The van der Waals surface area contributed by atoms with E-state index < -0.39 is 10.0 Å². The summed E-state index contributed by atoms with van der Waals surface area (Å²) in [6, 6.07) is 15.8. The smallest absolute Gasteiger partial charge is 0.243 e. The second-order valence-electron chi connectivity index (χ2n) is 7.32. The van der Waals surface area contributed by atoms with Crippen molar-refractivity contribution in [2.24, 2.45) is 5.92 Å². The Morgan fingerprint density at radius 3 is 2.04 bits per heavy atom. The van der Waals surface area contributed by atoms with E-state index in [4.69, 9.17) is 11.6 Å². The summed E-state index contributed by atoms with van der Waals surface area (Å²) in [5, 5.41) is 0.637. The molecule has 0 radical (unpaired) electrons. The zero-order chi connectivity index (χ0) is 20.3. The second kappa shape index (κ2) is 8.64. The van der Waals surface area contributed by atoms with Crippen LogP contribution in [-0.4, -0.2) is 49.7 Å². The van der Waals surface area contributed by atoms with Crippen LogP contribution in [0.5, 0.6) is 0 Å². The summed E-state index contributed by atoms with van der Waals surface area (Å²) in [5.74, 6) is -0.108. The minimum absolute atomic E-state index is 0.0362. The molecular formula is C21H25ClN2O3S. The van der Waals surface area contributed by atoms with Gasteiger partial charge >= 0.3 is 0 Å². The van der Waals surface area contributed by atoms with E-state index in [2.05, 4.69) is 0 Å². The third-order valence-electron chi connectivity index (χ3n) is 5.09. The largest absolute Gasteiger partial charge is 0.340 e. The molecule has 1 amide bonds. The molecule has 2 aromatic rings. The van der Waals surface area contributed by atoms with Crippen LogP contribution in [0.4, 0.5) is 0 Å². The SMILES string of the molecule is CC(C)[C@H](C(=O)N1CCN(S(=O)(=O)c2ccccc2)CC1)c1ccc(Cl)cc1. The van der Waals surface area contributed by atoms with E-state index in [0.717, 1.165) is 5.56 Å². The van der Waals surface area contributed by atoms with Gasteiger partial charge in [-0.3, -0.25) is 4.79 Å². The van der Waals surface area contributed by atoms with Crippen molar-refractivity contribution in [1.29, 1.82) is 0 Å². The maximum Gasteiger partial charge on any atom is 0.243 e. The number of piperazine rings is 1. The summed E-state index contributed by atoms with van der Waals surface area (Å²) in [6.45, 7) is 5.42. The average Bonchev–Trinajstić information content (AvgIpc) is 2.70. The van der Waals surface area contributed by atoms with E-state index >= 15 is 0 Å². The van der Waals surface area contributed by atoms with Crippen LogP contribution in [0.2, 0.25) is 5.02 Å². The van der Waals surface area contributed by atoms with E-state index in [9.17, 15) is 13.2 Å². The highest BCUT2D eigenvalue weighted by atomic mass is 35.5. The van der Waals surface area contributed by atoms with Crippen molar-refractivity contribution in [2.45, 2.75) is 24.7 Å². The number of carbonyl (C=O) groups excluding carboxylic acids is 1. The standard InChI is InChI=1S/C21H25ClN2O3S/c1-16(2)20(17-8-10-18(22)11-9-17)21(25)23-12-14-24(15-13-23)28(26,27)19-6-4-3-5-7-19/h3-11,16,20H,12-15H2,1-2H3/t20-/m0/s1. The Kier molecular flexibility index (Phi) is 6.43. The van der Waals surface area contributed by atoms with Crippen molar-refractivity contribution in [2.75, 3.05) is 26.2 Å². The molecule has 3 rings (SSSR count). The molecule has 1 heterocycles. The fourth-order valence-corrected chi connectivity index (χ4v) is 5.14. The summed E-state index contributed by atoms with van der Waals surface area (Å²) in [5.41, 5.74) is 0.934. The fraction of sp³-hybridized carbons (Fsp3) is 0.381. The number of hydrogen-bond acceptors (Lipinski definition) is 3. The number of carbonyl (C=O) groups is 1. The van der Waals surface area contributed by atoms with Gasteiger partial charge in [0.2, 0.25) is 15.9 Å². The lowest BCUT2D eigenvalue weighted by Gasteiger charge is -2.36. The van der Waals surface area contributed by atoms with E-state index in [1.807, 2.05) is 26.0 Å². The van der Waals surface area contributed by atoms with Gasteiger partial charge in [0.25, 0.3) is 0 Å². The van der Waals surface area contributed by atoms with Gasteiger partial charge in [-0.25, -0.2) is 8.42 Å². The topological polar surface area (TPSA) is 57.7 Å². The lowest BCUT2D eigenvalue weighted by Crippen LogP contribution is -2.52. The third-order valence-corrected chi connectivity index (χ3v) is 7.26. The maximum absolute atomic E-state index is 13.2. The number of rotatable bonds is 5. The van der Waals surface area contributed by atoms with Crippen LogP contribution >= 0.6 is 11.6 Å². The van der Waals surface area contributed by atoms with Crippen molar-refractivity contribution >= 4 is 27.5 Å². The Bertz CT molecular complexity index is 906. The Balaban J connectivity index is 1.71. The van der Waals surface area contributed by atoms with Gasteiger partial charge in [-0.2, -0.15) is 4.31 Å². The highest BCUT2D eigenvalue weighted by Gasteiger charge is 2.34. The van der Waals surface area contributed by atoms with Crippen LogP contribution < -0.4 is 0 Å². The van der Waals surface area contributed by atoms with Gasteiger partial charge in [0, 0.05) is 31.2 Å². The maximum atomic E-state index is 13.2. The zero-order valence-electron chi connectivity index (χ0n) is 16.1. The molecule has 1 atom stereocenters. The Morgan fingerprint density at radius 1 is 0.929 bits per heavy atom. The predicted molar refractivity (Wildman–Crippen MR) is 111 cm³/mol. The van der Waals surface area contributed by atoms with Crippen molar-refractivity contribution in [3.8, 4) is 0 Å². The summed E-state index contributed by atoms with van der Waals surface area (Å²) in [4.78, 5) is 15.2. The van der Waals surface area contributed by atoms with E-state index in [1.54, 1.807) is 47.4 Å². The molecule has 5 nitrogen and oxygen atoms in total. The number of benzene rings is 2. The molecule has 1 fully saturated rings. The molecule has 0 aliphatic carbocycles. The van der Waals surface area contributed by atoms with Gasteiger partial charge in [-0.05, 0) is 35.7 Å². The third kappa shape index (κ3) is 4.40. The second-order valence-corrected chi connectivity index (χ2v) is 9.69. The number of nitrogens with zero attached hydrogens (tertiary/aromatic N) is 2. The van der Waals surface area contributed by atoms with E-state index in [0.29, 0.717) is 31.2 Å². The van der Waals surface area contributed by atoms with Gasteiger partial charge in [-0.1, -0.05) is 55.8 Å². The molecule has 28 heavy (non-hydrogen) atoms. The Hall–Kier alpha value is -1.89. The molecule has 0 saturated carbocycles. The normalized spacial score (nSPS) is 16.9. The first-order chi connectivity index (χ1) is 13.3. The van der Waals surface area contributed by atoms with Crippen LogP contribution in [0.3, 0.4) is 0 Å². The van der Waals surface area contributed by atoms with E-state index in [1.165, 1.54) is 4.31 Å². The Labute approximate surface area is 172 Å². The number of halogens is 1. The molecule has 0 bridgehead atoms. The summed E-state index contributed by atoms with van der Waals surface area (Å²) in [6.07, 6.45) is 0. The Morgan fingerprint density at radius 2 is 1.50 bits per heavy atom. The monoisotopic (exact) mass is 420 g/mol. The first kappa shape index (κ1) is 20.8. The van der Waals surface area contributed by atoms with Crippen LogP contribution in [0.25, 0.3) is 0 Å². The zero-order valence-corrected chi connectivity index (χ0v) is 17.7. The molecule has 1 aliphatic rings. The minimum atomic E-state index is -3.52. The van der Waals surface area contributed by atoms with Crippen LogP contribution in [0.1, 0.15) is 25.3 Å². The lowest BCUT2D eigenvalue weighted by atomic mass is 9.87. The van der Waals surface area contributed by atoms with Gasteiger partial charge < -0.3 is 4.90 Å². The highest BCUT2D eigenvalue weighted by Crippen LogP contribution is 2.29. The molecule has 0 N–H and O–H groups in total. The van der Waals surface area contributed by atoms with Crippen LogP contribution in [-0.2, 0) is 14.8 Å².